The first-order valence-electron chi connectivity index (χ1n) is 7.34. The first-order chi connectivity index (χ1) is 9.11. The van der Waals surface area contributed by atoms with Crippen LogP contribution in [0.25, 0.3) is 0 Å². The molecule has 5 nitrogen and oxygen atoms in total. The number of esters is 1. The van der Waals surface area contributed by atoms with Crippen molar-refractivity contribution in [2.45, 2.75) is 52.5 Å². The lowest BCUT2D eigenvalue weighted by Crippen LogP contribution is -2.50. The van der Waals surface area contributed by atoms with Gasteiger partial charge >= 0.3 is 12.0 Å². The normalized spacial score (nSPS) is 15.4. The maximum atomic E-state index is 12.4. The SMILES string of the molecule is CCCCN(C(=O)N1CCCC1)[C@H](C)C(=O)OCC.Cl. The van der Waals surface area contributed by atoms with Gasteiger partial charge in [0.2, 0.25) is 0 Å². The summed E-state index contributed by atoms with van der Waals surface area (Å²) >= 11 is 0. The Hall–Kier alpha value is -0.970. The van der Waals surface area contributed by atoms with Crippen molar-refractivity contribution in [1.82, 2.24) is 9.80 Å². The standard InChI is InChI=1S/C14H26N2O3.ClH/c1-4-6-11-16(12(3)13(17)19-5-2)14(18)15-9-7-8-10-15;/h12H,4-11H2,1-3H3;1H/t12-;/m1./s1. The second-order valence-electron chi connectivity index (χ2n) is 4.95. The zero-order valence-electron chi connectivity index (χ0n) is 12.8. The maximum absolute atomic E-state index is 12.4. The minimum absolute atomic E-state index is 0. The molecule has 0 aromatic carbocycles. The summed E-state index contributed by atoms with van der Waals surface area (Å²) in [7, 11) is 0. The molecule has 0 aromatic rings. The topological polar surface area (TPSA) is 49.9 Å². The fraction of sp³-hybridized carbons (Fsp3) is 0.857. The highest BCUT2D eigenvalue weighted by molar-refractivity contribution is 5.85. The second kappa shape index (κ2) is 9.86. The fourth-order valence-corrected chi connectivity index (χ4v) is 2.26. The number of nitrogens with zero attached hydrogens (tertiary/aromatic N) is 2. The molecule has 0 aliphatic carbocycles. The summed E-state index contributed by atoms with van der Waals surface area (Å²) < 4.78 is 5.03. The Kier molecular flexibility index (Phi) is 9.38. The van der Waals surface area contributed by atoms with Crippen LogP contribution in [0.2, 0.25) is 0 Å². The molecule has 1 rings (SSSR count). The largest absolute Gasteiger partial charge is 0.464 e. The van der Waals surface area contributed by atoms with E-state index in [1.165, 1.54) is 0 Å². The van der Waals surface area contributed by atoms with Gasteiger partial charge in [-0.1, -0.05) is 13.3 Å². The van der Waals surface area contributed by atoms with Crippen molar-refractivity contribution in [2.24, 2.45) is 0 Å². The van der Waals surface area contributed by atoms with Crippen molar-refractivity contribution in [3.05, 3.63) is 0 Å². The molecule has 2 amide bonds. The van der Waals surface area contributed by atoms with E-state index < -0.39 is 6.04 Å². The number of likely N-dealkylation sites (tertiary alicyclic amines) is 1. The second-order valence-corrected chi connectivity index (χ2v) is 4.95. The molecule has 0 radical (unpaired) electrons. The maximum Gasteiger partial charge on any atom is 0.328 e. The van der Waals surface area contributed by atoms with Crippen LogP contribution in [0.1, 0.15) is 46.5 Å². The average Bonchev–Trinajstić information content (AvgIpc) is 2.92. The first-order valence-corrected chi connectivity index (χ1v) is 7.34. The molecule has 20 heavy (non-hydrogen) atoms. The zero-order chi connectivity index (χ0) is 14.3. The van der Waals surface area contributed by atoms with E-state index in [1.54, 1.807) is 18.7 Å². The van der Waals surface area contributed by atoms with Crippen LogP contribution in [-0.2, 0) is 9.53 Å². The number of hydrogen-bond donors (Lipinski definition) is 0. The molecule has 0 N–H and O–H groups in total. The molecule has 6 heteroatoms. The molecule has 1 atom stereocenters. The van der Waals surface area contributed by atoms with E-state index in [-0.39, 0.29) is 24.4 Å². The quantitative estimate of drug-likeness (QED) is 0.709. The number of hydrogen-bond acceptors (Lipinski definition) is 3. The summed E-state index contributed by atoms with van der Waals surface area (Å²) in [5, 5.41) is 0. The van der Waals surface area contributed by atoms with Crippen molar-refractivity contribution in [2.75, 3.05) is 26.2 Å². The van der Waals surface area contributed by atoms with Gasteiger partial charge in [0, 0.05) is 19.6 Å². The van der Waals surface area contributed by atoms with Gasteiger partial charge in [0.15, 0.2) is 0 Å². The van der Waals surface area contributed by atoms with Gasteiger partial charge in [0.1, 0.15) is 6.04 Å². The molecule has 1 aliphatic rings. The number of rotatable bonds is 6. The van der Waals surface area contributed by atoms with Gasteiger partial charge in [-0.15, -0.1) is 12.4 Å². The smallest absolute Gasteiger partial charge is 0.328 e. The van der Waals surface area contributed by atoms with E-state index in [9.17, 15) is 9.59 Å². The number of carbonyl (C=O) groups is 2. The Morgan fingerprint density at radius 1 is 1.25 bits per heavy atom. The highest BCUT2D eigenvalue weighted by atomic mass is 35.5. The monoisotopic (exact) mass is 306 g/mol. The van der Waals surface area contributed by atoms with Gasteiger partial charge in [0.05, 0.1) is 6.61 Å². The van der Waals surface area contributed by atoms with Crippen molar-refractivity contribution in [3.63, 3.8) is 0 Å². The molecule has 1 saturated heterocycles. The summed E-state index contributed by atoms with van der Waals surface area (Å²) in [4.78, 5) is 27.8. The molecule has 0 spiro atoms. The Bertz CT molecular complexity index is 307. The molecule has 0 aromatic heterocycles. The van der Waals surface area contributed by atoms with Gasteiger partial charge in [-0.25, -0.2) is 9.59 Å². The van der Waals surface area contributed by atoms with E-state index in [2.05, 4.69) is 6.92 Å². The van der Waals surface area contributed by atoms with E-state index in [0.717, 1.165) is 38.8 Å². The van der Waals surface area contributed by atoms with Crippen LogP contribution in [0.4, 0.5) is 4.79 Å². The van der Waals surface area contributed by atoms with Gasteiger partial charge < -0.3 is 14.5 Å². The minimum Gasteiger partial charge on any atom is -0.464 e. The first kappa shape index (κ1) is 19.0. The Morgan fingerprint density at radius 2 is 1.85 bits per heavy atom. The number of amides is 2. The number of carbonyl (C=O) groups excluding carboxylic acids is 2. The lowest BCUT2D eigenvalue weighted by Gasteiger charge is -2.31. The molecule has 1 heterocycles. The Balaban J connectivity index is 0.00000361. The number of ether oxygens (including phenoxy) is 1. The molecule has 1 aliphatic heterocycles. The van der Waals surface area contributed by atoms with E-state index in [1.807, 2.05) is 4.90 Å². The van der Waals surface area contributed by atoms with Gasteiger partial charge in [-0.3, -0.25) is 0 Å². The van der Waals surface area contributed by atoms with Gasteiger partial charge in [-0.2, -0.15) is 0 Å². The zero-order valence-corrected chi connectivity index (χ0v) is 13.6. The number of unbranched alkanes of at least 4 members (excludes halogenated alkanes) is 1. The van der Waals surface area contributed by atoms with Crippen molar-refractivity contribution >= 4 is 24.4 Å². The minimum atomic E-state index is -0.500. The molecule has 118 valence electrons. The van der Waals surface area contributed by atoms with Crippen molar-refractivity contribution < 1.29 is 14.3 Å². The highest BCUT2D eigenvalue weighted by Crippen LogP contribution is 2.14. The third-order valence-electron chi connectivity index (χ3n) is 3.47. The van der Waals surface area contributed by atoms with Gasteiger partial charge in [-0.05, 0) is 33.1 Å². The third kappa shape index (κ3) is 5.19. The Morgan fingerprint density at radius 3 is 2.35 bits per heavy atom. The van der Waals surface area contributed by atoms with Crippen LogP contribution in [0.5, 0.6) is 0 Å². The summed E-state index contributed by atoms with van der Waals surface area (Å²) in [6.45, 7) is 8.18. The lowest BCUT2D eigenvalue weighted by atomic mass is 10.2. The third-order valence-corrected chi connectivity index (χ3v) is 3.47. The van der Waals surface area contributed by atoms with Crippen molar-refractivity contribution in [3.8, 4) is 0 Å². The lowest BCUT2D eigenvalue weighted by molar-refractivity contribution is -0.148. The number of halogens is 1. The van der Waals surface area contributed by atoms with Crippen LogP contribution in [0.3, 0.4) is 0 Å². The predicted molar refractivity (Wildman–Crippen MR) is 81.2 cm³/mol. The van der Waals surface area contributed by atoms with E-state index in [0.29, 0.717) is 13.2 Å². The molecule has 0 saturated carbocycles. The van der Waals surface area contributed by atoms with E-state index >= 15 is 0 Å². The average molecular weight is 307 g/mol. The molecular formula is C14H27ClN2O3. The summed E-state index contributed by atoms with van der Waals surface area (Å²) in [6.07, 6.45) is 4.02. The molecule has 1 fully saturated rings. The summed E-state index contributed by atoms with van der Waals surface area (Å²) in [5.74, 6) is -0.314. The molecule has 0 unspecified atom stereocenters. The van der Waals surface area contributed by atoms with Crippen LogP contribution in [0, 0.1) is 0 Å². The fourth-order valence-electron chi connectivity index (χ4n) is 2.26. The van der Waals surface area contributed by atoms with Crippen LogP contribution in [0.15, 0.2) is 0 Å². The number of urea groups is 1. The van der Waals surface area contributed by atoms with Crippen molar-refractivity contribution in [1.29, 1.82) is 0 Å². The highest BCUT2D eigenvalue weighted by Gasteiger charge is 2.30. The van der Waals surface area contributed by atoms with E-state index in [4.69, 9.17) is 4.74 Å². The molecular weight excluding hydrogens is 280 g/mol. The predicted octanol–water partition coefficient (Wildman–Crippen LogP) is 2.68. The molecule has 0 bridgehead atoms. The van der Waals surface area contributed by atoms with Gasteiger partial charge in [0.25, 0.3) is 0 Å². The van der Waals surface area contributed by atoms with Crippen LogP contribution < -0.4 is 0 Å². The summed E-state index contributed by atoms with van der Waals surface area (Å²) in [6, 6.07) is -0.522. The summed E-state index contributed by atoms with van der Waals surface area (Å²) in [5.41, 5.74) is 0. The Labute approximate surface area is 128 Å². The van der Waals surface area contributed by atoms with Crippen LogP contribution >= 0.6 is 12.4 Å². The van der Waals surface area contributed by atoms with Crippen LogP contribution in [-0.4, -0.2) is 54.1 Å².